The standard InChI is InChI=1S/C11H16O/c1-8(2)11-10-6-4-3-5-9(10)7-12-11/h7-8H,3-6H2,1-2H3. The summed E-state index contributed by atoms with van der Waals surface area (Å²) in [6.07, 6.45) is 7.10. The molecule has 0 N–H and O–H groups in total. The fourth-order valence-electron chi connectivity index (χ4n) is 2.03. The second-order valence-electron chi connectivity index (χ2n) is 3.97. The number of rotatable bonds is 1. The lowest BCUT2D eigenvalue weighted by Gasteiger charge is -2.12. The Labute approximate surface area is 73.8 Å². The fourth-order valence-corrected chi connectivity index (χ4v) is 2.03. The molecule has 0 fully saturated rings. The van der Waals surface area contributed by atoms with Crippen molar-refractivity contribution in [3.63, 3.8) is 0 Å². The average molecular weight is 164 g/mol. The first-order valence-electron chi connectivity index (χ1n) is 4.88. The van der Waals surface area contributed by atoms with Gasteiger partial charge in [-0.1, -0.05) is 13.8 Å². The summed E-state index contributed by atoms with van der Waals surface area (Å²) in [5, 5.41) is 0. The number of hydrogen-bond acceptors (Lipinski definition) is 1. The van der Waals surface area contributed by atoms with Crippen LogP contribution in [0.1, 0.15) is 49.5 Å². The minimum atomic E-state index is 0.548. The van der Waals surface area contributed by atoms with E-state index in [9.17, 15) is 0 Å². The first kappa shape index (κ1) is 7.90. The highest BCUT2D eigenvalue weighted by Gasteiger charge is 2.18. The molecule has 2 rings (SSSR count). The molecule has 1 heteroatoms. The highest BCUT2D eigenvalue weighted by atomic mass is 16.3. The van der Waals surface area contributed by atoms with Gasteiger partial charge in [-0.25, -0.2) is 0 Å². The molecule has 0 atom stereocenters. The van der Waals surface area contributed by atoms with Crippen molar-refractivity contribution in [1.29, 1.82) is 0 Å². The van der Waals surface area contributed by atoms with Gasteiger partial charge in [-0.15, -0.1) is 0 Å². The number of aryl methyl sites for hydroxylation is 1. The molecule has 66 valence electrons. The molecule has 0 spiro atoms. The minimum absolute atomic E-state index is 0.548. The summed E-state index contributed by atoms with van der Waals surface area (Å²) in [7, 11) is 0. The van der Waals surface area contributed by atoms with Gasteiger partial charge in [0.05, 0.1) is 6.26 Å². The van der Waals surface area contributed by atoms with Crippen LogP contribution in [0.5, 0.6) is 0 Å². The van der Waals surface area contributed by atoms with Gasteiger partial charge in [0.2, 0.25) is 0 Å². The molecular formula is C11H16O. The van der Waals surface area contributed by atoms with Crippen molar-refractivity contribution < 1.29 is 4.42 Å². The Bertz CT molecular complexity index is 271. The van der Waals surface area contributed by atoms with Crippen LogP contribution >= 0.6 is 0 Å². The van der Waals surface area contributed by atoms with Gasteiger partial charge in [-0.3, -0.25) is 0 Å². The average Bonchev–Trinajstić information content (AvgIpc) is 2.47. The molecule has 0 aliphatic heterocycles. The Morgan fingerprint density at radius 3 is 2.75 bits per heavy atom. The third-order valence-electron chi connectivity index (χ3n) is 2.66. The molecule has 12 heavy (non-hydrogen) atoms. The van der Waals surface area contributed by atoms with E-state index in [0.717, 1.165) is 0 Å². The van der Waals surface area contributed by atoms with Crippen LogP contribution in [0.15, 0.2) is 10.7 Å². The van der Waals surface area contributed by atoms with Crippen molar-refractivity contribution in [2.24, 2.45) is 0 Å². The van der Waals surface area contributed by atoms with Crippen molar-refractivity contribution in [3.05, 3.63) is 23.2 Å². The maximum atomic E-state index is 5.58. The Morgan fingerprint density at radius 1 is 1.25 bits per heavy atom. The largest absolute Gasteiger partial charge is 0.468 e. The molecule has 0 saturated carbocycles. The maximum absolute atomic E-state index is 5.58. The summed E-state index contributed by atoms with van der Waals surface area (Å²) in [5.41, 5.74) is 2.97. The Kier molecular flexibility index (Phi) is 1.95. The highest BCUT2D eigenvalue weighted by molar-refractivity contribution is 5.31. The van der Waals surface area contributed by atoms with Gasteiger partial charge < -0.3 is 4.42 Å². The van der Waals surface area contributed by atoms with Crippen molar-refractivity contribution in [2.45, 2.75) is 45.4 Å². The van der Waals surface area contributed by atoms with Gasteiger partial charge in [0.1, 0.15) is 5.76 Å². The van der Waals surface area contributed by atoms with E-state index < -0.39 is 0 Å². The molecule has 0 aromatic carbocycles. The number of furan rings is 1. The van der Waals surface area contributed by atoms with Gasteiger partial charge in [0, 0.05) is 5.92 Å². The molecule has 0 unspecified atom stereocenters. The zero-order valence-corrected chi connectivity index (χ0v) is 7.89. The van der Waals surface area contributed by atoms with Crippen LogP contribution in [0.2, 0.25) is 0 Å². The number of fused-ring (bicyclic) bond motifs is 1. The van der Waals surface area contributed by atoms with Crippen LogP contribution in [0.4, 0.5) is 0 Å². The molecule has 1 aliphatic rings. The van der Waals surface area contributed by atoms with E-state index in [1.807, 2.05) is 6.26 Å². The van der Waals surface area contributed by atoms with Crippen LogP contribution in [0, 0.1) is 0 Å². The predicted molar refractivity (Wildman–Crippen MR) is 49.4 cm³/mol. The second kappa shape index (κ2) is 2.96. The van der Waals surface area contributed by atoms with E-state index in [0.29, 0.717) is 5.92 Å². The highest BCUT2D eigenvalue weighted by Crippen LogP contribution is 2.30. The molecule has 1 nitrogen and oxygen atoms in total. The Hall–Kier alpha value is -0.720. The van der Waals surface area contributed by atoms with Crippen LogP contribution in [-0.4, -0.2) is 0 Å². The zero-order chi connectivity index (χ0) is 8.55. The predicted octanol–water partition coefficient (Wildman–Crippen LogP) is 3.28. The van der Waals surface area contributed by atoms with E-state index in [1.165, 1.54) is 42.6 Å². The Morgan fingerprint density at radius 2 is 2.00 bits per heavy atom. The fraction of sp³-hybridized carbons (Fsp3) is 0.636. The van der Waals surface area contributed by atoms with Gasteiger partial charge in [-0.2, -0.15) is 0 Å². The topological polar surface area (TPSA) is 13.1 Å². The zero-order valence-electron chi connectivity index (χ0n) is 7.89. The van der Waals surface area contributed by atoms with Crippen molar-refractivity contribution >= 4 is 0 Å². The third kappa shape index (κ3) is 1.17. The third-order valence-corrected chi connectivity index (χ3v) is 2.66. The monoisotopic (exact) mass is 164 g/mol. The van der Waals surface area contributed by atoms with Crippen LogP contribution in [0.3, 0.4) is 0 Å². The molecule has 1 aromatic rings. The molecule has 1 aromatic heterocycles. The molecular weight excluding hydrogens is 148 g/mol. The van der Waals surface area contributed by atoms with Gasteiger partial charge in [-0.05, 0) is 36.8 Å². The summed E-state index contributed by atoms with van der Waals surface area (Å²) in [6.45, 7) is 4.40. The second-order valence-corrected chi connectivity index (χ2v) is 3.97. The van der Waals surface area contributed by atoms with E-state index in [-0.39, 0.29) is 0 Å². The summed E-state index contributed by atoms with van der Waals surface area (Å²) in [5.74, 6) is 1.77. The quantitative estimate of drug-likeness (QED) is 0.620. The summed E-state index contributed by atoms with van der Waals surface area (Å²) in [4.78, 5) is 0. The van der Waals surface area contributed by atoms with Gasteiger partial charge in [0.15, 0.2) is 0 Å². The molecule has 1 aliphatic carbocycles. The maximum Gasteiger partial charge on any atom is 0.109 e. The molecule has 1 heterocycles. The smallest absolute Gasteiger partial charge is 0.109 e. The normalized spacial score (nSPS) is 16.6. The molecule has 0 bridgehead atoms. The van der Waals surface area contributed by atoms with E-state index in [1.54, 1.807) is 0 Å². The van der Waals surface area contributed by atoms with Crippen LogP contribution < -0.4 is 0 Å². The van der Waals surface area contributed by atoms with Crippen molar-refractivity contribution in [2.75, 3.05) is 0 Å². The van der Waals surface area contributed by atoms with Crippen molar-refractivity contribution in [1.82, 2.24) is 0 Å². The van der Waals surface area contributed by atoms with E-state index in [2.05, 4.69) is 13.8 Å². The summed E-state index contributed by atoms with van der Waals surface area (Å²) in [6, 6.07) is 0. The molecule has 0 amide bonds. The van der Waals surface area contributed by atoms with Crippen LogP contribution in [0.25, 0.3) is 0 Å². The Balaban J connectivity index is 2.38. The lowest BCUT2D eigenvalue weighted by atomic mass is 9.91. The minimum Gasteiger partial charge on any atom is -0.468 e. The lowest BCUT2D eigenvalue weighted by Crippen LogP contribution is -2.02. The van der Waals surface area contributed by atoms with E-state index in [4.69, 9.17) is 4.42 Å². The van der Waals surface area contributed by atoms with Crippen molar-refractivity contribution in [3.8, 4) is 0 Å². The molecule has 0 saturated heterocycles. The van der Waals surface area contributed by atoms with Gasteiger partial charge >= 0.3 is 0 Å². The first-order valence-corrected chi connectivity index (χ1v) is 4.88. The first-order chi connectivity index (χ1) is 5.79. The van der Waals surface area contributed by atoms with E-state index >= 15 is 0 Å². The van der Waals surface area contributed by atoms with Gasteiger partial charge in [0.25, 0.3) is 0 Å². The molecule has 0 radical (unpaired) electrons. The summed E-state index contributed by atoms with van der Waals surface area (Å²) >= 11 is 0. The lowest BCUT2D eigenvalue weighted by molar-refractivity contribution is 0.481. The van der Waals surface area contributed by atoms with Crippen LogP contribution in [-0.2, 0) is 12.8 Å². The summed E-state index contributed by atoms with van der Waals surface area (Å²) < 4.78 is 5.58. The SMILES string of the molecule is CC(C)c1occ2c1CCCC2. The number of hydrogen-bond donors (Lipinski definition) is 0.